The van der Waals surface area contributed by atoms with Crippen LogP contribution in [0.3, 0.4) is 0 Å². The molecule has 2 N–H and O–H groups in total. The summed E-state index contributed by atoms with van der Waals surface area (Å²) in [6, 6.07) is 16.6. The number of carboxylic acids is 1. The van der Waals surface area contributed by atoms with E-state index in [4.69, 9.17) is 9.84 Å². The molecule has 6 heteroatoms. The van der Waals surface area contributed by atoms with Gasteiger partial charge in [0.1, 0.15) is 24.9 Å². The number of benzene rings is 2. The first kappa shape index (κ1) is 17.5. The highest BCUT2D eigenvalue weighted by Crippen LogP contribution is 2.23. The molecule has 26 heavy (non-hydrogen) atoms. The molecule has 3 rings (SSSR count). The van der Waals surface area contributed by atoms with Gasteiger partial charge in [0.2, 0.25) is 5.91 Å². The van der Waals surface area contributed by atoms with Gasteiger partial charge in [-0.2, -0.15) is 0 Å². The summed E-state index contributed by atoms with van der Waals surface area (Å²) in [5, 5.41) is 12.3. The van der Waals surface area contributed by atoms with Crippen molar-refractivity contribution in [3.05, 3.63) is 66.4 Å². The van der Waals surface area contributed by atoms with Crippen LogP contribution in [0.4, 0.5) is 0 Å². The van der Waals surface area contributed by atoms with Crippen molar-refractivity contribution in [3.8, 4) is 5.75 Å². The highest BCUT2D eigenvalue weighted by molar-refractivity contribution is 5.86. The number of aromatic nitrogens is 1. The van der Waals surface area contributed by atoms with Crippen molar-refractivity contribution in [3.63, 3.8) is 0 Å². The average Bonchev–Trinajstić information content (AvgIpc) is 3.02. The van der Waals surface area contributed by atoms with Crippen molar-refractivity contribution >= 4 is 22.8 Å². The van der Waals surface area contributed by atoms with Gasteiger partial charge in [-0.1, -0.05) is 30.3 Å². The molecule has 0 saturated carbocycles. The zero-order valence-electron chi connectivity index (χ0n) is 14.4. The molecule has 0 aliphatic heterocycles. The molecule has 1 atom stereocenters. The van der Waals surface area contributed by atoms with E-state index in [1.165, 1.54) is 6.92 Å². The maximum absolute atomic E-state index is 12.0. The standard InChI is InChI=1S/C20H20N2O4/c1-14(20(24)25)21-19(23)12-22-10-9-16-11-17(7-8-18(16)22)26-13-15-5-3-2-4-6-15/h2-11,14H,12-13H2,1H3,(H,21,23)(H,24,25). The van der Waals surface area contributed by atoms with Crippen LogP contribution in [0.15, 0.2) is 60.8 Å². The number of fused-ring (bicyclic) bond motifs is 1. The van der Waals surface area contributed by atoms with Crippen LogP contribution in [0.5, 0.6) is 5.75 Å². The van der Waals surface area contributed by atoms with E-state index in [2.05, 4.69) is 5.32 Å². The second-order valence-corrected chi connectivity index (χ2v) is 6.07. The van der Waals surface area contributed by atoms with E-state index < -0.39 is 12.0 Å². The van der Waals surface area contributed by atoms with Gasteiger partial charge in [-0.3, -0.25) is 9.59 Å². The van der Waals surface area contributed by atoms with Crippen LogP contribution in [0, 0.1) is 0 Å². The normalized spacial score (nSPS) is 11.9. The van der Waals surface area contributed by atoms with Crippen LogP contribution >= 0.6 is 0 Å². The summed E-state index contributed by atoms with van der Waals surface area (Å²) in [7, 11) is 0. The molecule has 0 fully saturated rings. The number of ether oxygens (including phenoxy) is 1. The van der Waals surface area contributed by atoms with Crippen LogP contribution in [0.2, 0.25) is 0 Å². The Balaban J connectivity index is 1.67. The Morgan fingerprint density at radius 2 is 1.92 bits per heavy atom. The van der Waals surface area contributed by atoms with Gasteiger partial charge in [0.05, 0.1) is 0 Å². The van der Waals surface area contributed by atoms with E-state index in [-0.39, 0.29) is 12.5 Å². The van der Waals surface area contributed by atoms with Crippen molar-refractivity contribution in [1.29, 1.82) is 0 Å². The first-order valence-corrected chi connectivity index (χ1v) is 8.31. The molecule has 1 unspecified atom stereocenters. The predicted molar refractivity (Wildman–Crippen MR) is 98.0 cm³/mol. The second kappa shape index (κ2) is 7.74. The molecular formula is C20H20N2O4. The first-order valence-electron chi connectivity index (χ1n) is 8.31. The van der Waals surface area contributed by atoms with Gasteiger partial charge >= 0.3 is 5.97 Å². The minimum absolute atomic E-state index is 0.0609. The Kier molecular flexibility index (Phi) is 5.22. The topological polar surface area (TPSA) is 80.6 Å². The SMILES string of the molecule is CC(NC(=O)Cn1ccc2cc(OCc3ccccc3)ccc21)C(=O)O. The smallest absolute Gasteiger partial charge is 0.325 e. The van der Waals surface area contributed by atoms with Gasteiger partial charge in [0.25, 0.3) is 0 Å². The molecule has 6 nitrogen and oxygen atoms in total. The number of amides is 1. The summed E-state index contributed by atoms with van der Waals surface area (Å²) in [6.45, 7) is 1.98. The van der Waals surface area contributed by atoms with Crippen molar-refractivity contribution in [2.75, 3.05) is 0 Å². The zero-order valence-corrected chi connectivity index (χ0v) is 14.4. The Morgan fingerprint density at radius 1 is 1.15 bits per heavy atom. The van der Waals surface area contributed by atoms with Gasteiger partial charge in [0.15, 0.2) is 0 Å². The summed E-state index contributed by atoms with van der Waals surface area (Å²) in [5.74, 6) is -0.652. The van der Waals surface area contributed by atoms with Gasteiger partial charge in [0, 0.05) is 17.1 Å². The minimum atomic E-state index is -1.06. The molecule has 3 aromatic rings. The van der Waals surface area contributed by atoms with E-state index in [1.807, 2.05) is 54.6 Å². The molecule has 0 spiro atoms. The molecule has 1 aromatic heterocycles. The summed E-state index contributed by atoms with van der Waals surface area (Å²) in [5.41, 5.74) is 1.98. The monoisotopic (exact) mass is 352 g/mol. The van der Waals surface area contributed by atoms with E-state index in [9.17, 15) is 9.59 Å². The number of carboxylic acid groups (broad SMARTS) is 1. The molecule has 0 radical (unpaired) electrons. The van der Waals surface area contributed by atoms with Crippen LogP contribution in [-0.2, 0) is 22.7 Å². The lowest BCUT2D eigenvalue weighted by Crippen LogP contribution is -2.39. The van der Waals surface area contributed by atoms with Gasteiger partial charge in [-0.25, -0.2) is 0 Å². The molecular weight excluding hydrogens is 332 g/mol. The number of aliphatic carboxylic acids is 1. The summed E-state index contributed by atoms with van der Waals surface area (Å²) in [6.07, 6.45) is 1.80. The largest absolute Gasteiger partial charge is 0.489 e. The fraction of sp³-hybridized carbons (Fsp3) is 0.200. The van der Waals surface area contributed by atoms with Crippen LogP contribution in [-0.4, -0.2) is 27.6 Å². The fourth-order valence-corrected chi connectivity index (χ4v) is 2.65. The number of carbonyl (C=O) groups excluding carboxylic acids is 1. The summed E-state index contributed by atoms with van der Waals surface area (Å²) >= 11 is 0. The first-order chi connectivity index (χ1) is 12.5. The van der Waals surface area contributed by atoms with Gasteiger partial charge in [-0.05, 0) is 36.8 Å². The molecule has 134 valence electrons. The number of hydrogen-bond donors (Lipinski definition) is 2. The van der Waals surface area contributed by atoms with Crippen molar-refractivity contribution in [1.82, 2.24) is 9.88 Å². The lowest BCUT2D eigenvalue weighted by atomic mass is 10.2. The Labute approximate surface area is 151 Å². The lowest BCUT2D eigenvalue weighted by Gasteiger charge is -2.11. The Morgan fingerprint density at radius 3 is 2.65 bits per heavy atom. The van der Waals surface area contributed by atoms with Gasteiger partial charge < -0.3 is 19.7 Å². The van der Waals surface area contributed by atoms with Crippen molar-refractivity contribution in [2.24, 2.45) is 0 Å². The summed E-state index contributed by atoms with van der Waals surface area (Å²) in [4.78, 5) is 22.8. The molecule has 1 heterocycles. The van der Waals surface area contributed by atoms with Crippen molar-refractivity contribution in [2.45, 2.75) is 26.1 Å². The zero-order chi connectivity index (χ0) is 18.5. The van der Waals surface area contributed by atoms with E-state index >= 15 is 0 Å². The van der Waals surface area contributed by atoms with Crippen LogP contribution < -0.4 is 10.1 Å². The maximum Gasteiger partial charge on any atom is 0.325 e. The molecule has 0 bridgehead atoms. The van der Waals surface area contributed by atoms with Crippen LogP contribution in [0.25, 0.3) is 10.9 Å². The number of carbonyl (C=O) groups is 2. The number of hydrogen-bond acceptors (Lipinski definition) is 3. The molecule has 0 aliphatic rings. The maximum atomic E-state index is 12.0. The number of nitrogens with one attached hydrogen (secondary N) is 1. The Bertz CT molecular complexity index is 918. The third-order valence-corrected chi connectivity index (χ3v) is 4.05. The minimum Gasteiger partial charge on any atom is -0.489 e. The van der Waals surface area contributed by atoms with E-state index in [0.717, 1.165) is 22.2 Å². The number of nitrogens with zero attached hydrogens (tertiary/aromatic N) is 1. The van der Waals surface area contributed by atoms with E-state index in [1.54, 1.807) is 10.8 Å². The third kappa shape index (κ3) is 4.22. The number of rotatable bonds is 7. The van der Waals surface area contributed by atoms with Crippen molar-refractivity contribution < 1.29 is 19.4 Å². The van der Waals surface area contributed by atoms with E-state index in [0.29, 0.717) is 6.61 Å². The second-order valence-electron chi connectivity index (χ2n) is 6.07. The van der Waals surface area contributed by atoms with Gasteiger partial charge in [-0.15, -0.1) is 0 Å². The molecule has 1 amide bonds. The highest BCUT2D eigenvalue weighted by Gasteiger charge is 2.14. The Hall–Kier alpha value is -3.28. The predicted octanol–water partition coefficient (Wildman–Crippen LogP) is 2.81. The fourth-order valence-electron chi connectivity index (χ4n) is 2.65. The summed E-state index contributed by atoms with van der Waals surface area (Å²) < 4.78 is 7.59. The average molecular weight is 352 g/mol. The molecule has 0 aliphatic carbocycles. The third-order valence-electron chi connectivity index (χ3n) is 4.05. The van der Waals surface area contributed by atoms with Crippen LogP contribution in [0.1, 0.15) is 12.5 Å². The lowest BCUT2D eigenvalue weighted by molar-refractivity contribution is -0.141. The molecule has 2 aromatic carbocycles. The highest BCUT2D eigenvalue weighted by atomic mass is 16.5. The quantitative estimate of drug-likeness (QED) is 0.685. The molecule has 0 saturated heterocycles.